The average Bonchev–Trinajstić information content (AvgIpc) is 2.10. The molecule has 0 unspecified atom stereocenters. The highest BCUT2D eigenvalue weighted by atomic mass is 19.1. The van der Waals surface area contributed by atoms with Crippen molar-refractivity contribution in [1.82, 2.24) is 0 Å². The van der Waals surface area contributed by atoms with E-state index in [4.69, 9.17) is 10.8 Å². The van der Waals surface area contributed by atoms with Crippen LogP contribution in [0.25, 0.3) is 0 Å². The van der Waals surface area contributed by atoms with Crippen molar-refractivity contribution in [2.24, 2.45) is 0 Å². The fourth-order valence-electron chi connectivity index (χ4n) is 0.648. The topological polar surface area (TPSA) is 63.3 Å². The quantitative estimate of drug-likeness (QED) is 0.510. The van der Waals surface area contributed by atoms with Crippen molar-refractivity contribution in [3.63, 3.8) is 0 Å². The molecule has 0 bridgehead atoms. The number of halogens is 1. The third kappa shape index (κ3) is 4.22. The van der Waals surface area contributed by atoms with Gasteiger partial charge >= 0.3 is 0 Å². The van der Waals surface area contributed by atoms with E-state index in [1.165, 1.54) is 12.1 Å². The molecule has 0 amide bonds. The Morgan fingerprint density at radius 3 is 2.54 bits per heavy atom. The highest BCUT2D eigenvalue weighted by Gasteiger charge is 1.97. The number of aliphatic hydroxyl groups is 1. The number of nitrogens with two attached hydrogens (primary N) is 1. The number of benzene rings is 1. The minimum Gasteiger partial charge on any atom is -0.398 e. The van der Waals surface area contributed by atoms with E-state index in [1.807, 2.05) is 0 Å². The normalized spacial score (nSPS) is 8.54. The van der Waals surface area contributed by atoms with E-state index in [2.05, 4.69) is 0 Å². The zero-order chi connectivity index (χ0) is 10.3. The van der Waals surface area contributed by atoms with Gasteiger partial charge in [-0.1, -0.05) is 0 Å². The monoisotopic (exact) mass is 185 g/mol. The maximum atomic E-state index is 12.3. The van der Waals surface area contributed by atoms with Crippen LogP contribution in [0.4, 0.5) is 10.1 Å². The summed E-state index contributed by atoms with van der Waals surface area (Å²) in [5, 5.41) is 7.57. The van der Waals surface area contributed by atoms with E-state index in [9.17, 15) is 9.18 Å². The number of hydrogen-bond donors (Lipinski definition) is 2. The van der Waals surface area contributed by atoms with Gasteiger partial charge in [0.05, 0.1) is 0 Å². The first kappa shape index (κ1) is 11.6. The second-order valence-corrected chi connectivity index (χ2v) is 2.21. The van der Waals surface area contributed by atoms with E-state index >= 15 is 0 Å². The first-order valence-electron chi connectivity index (χ1n) is 3.76. The predicted octanol–water partition coefficient (Wildman–Crippen LogP) is 1.22. The highest BCUT2D eigenvalue weighted by molar-refractivity contribution is 5.82. The van der Waals surface area contributed by atoms with Gasteiger partial charge in [-0.15, -0.1) is 0 Å². The van der Waals surface area contributed by atoms with Crippen LogP contribution in [0.1, 0.15) is 17.3 Å². The van der Waals surface area contributed by atoms with Gasteiger partial charge in [-0.05, 0) is 25.1 Å². The number of anilines is 1. The smallest absolute Gasteiger partial charge is 0.152 e. The summed E-state index contributed by atoms with van der Waals surface area (Å²) < 4.78 is 12.3. The van der Waals surface area contributed by atoms with Crippen LogP contribution in [-0.2, 0) is 0 Å². The van der Waals surface area contributed by atoms with Gasteiger partial charge in [0.1, 0.15) is 5.82 Å². The average molecular weight is 185 g/mol. The summed E-state index contributed by atoms with van der Waals surface area (Å²) in [5.74, 6) is -0.448. The molecule has 4 heteroatoms. The van der Waals surface area contributed by atoms with Gasteiger partial charge in [-0.25, -0.2) is 4.39 Å². The van der Waals surface area contributed by atoms with Crippen molar-refractivity contribution in [1.29, 1.82) is 0 Å². The maximum absolute atomic E-state index is 12.3. The Morgan fingerprint density at radius 1 is 1.62 bits per heavy atom. The number of rotatable bonds is 1. The number of nitrogen functional groups attached to an aromatic ring is 1. The molecule has 13 heavy (non-hydrogen) atoms. The molecule has 0 atom stereocenters. The Kier molecular flexibility index (Phi) is 5.47. The number of hydrogen-bond acceptors (Lipinski definition) is 3. The van der Waals surface area contributed by atoms with E-state index in [-0.39, 0.29) is 12.2 Å². The molecule has 3 N–H and O–H groups in total. The molecule has 0 radical (unpaired) electrons. The van der Waals surface area contributed by atoms with Gasteiger partial charge in [0.2, 0.25) is 0 Å². The molecular formula is C9H12FNO2. The van der Waals surface area contributed by atoms with Crippen LogP contribution in [0.2, 0.25) is 0 Å². The number of carbonyl (C=O) groups excluding carboxylic acids is 1. The lowest BCUT2D eigenvalue weighted by Crippen LogP contribution is -1.92. The van der Waals surface area contributed by atoms with Crippen LogP contribution in [-0.4, -0.2) is 18.0 Å². The van der Waals surface area contributed by atoms with Crippen molar-refractivity contribution < 1.29 is 14.3 Å². The van der Waals surface area contributed by atoms with Crippen LogP contribution < -0.4 is 5.73 Å². The molecule has 3 nitrogen and oxygen atoms in total. The Hall–Kier alpha value is -1.42. The molecule has 0 spiro atoms. The van der Waals surface area contributed by atoms with E-state index in [0.717, 1.165) is 6.07 Å². The molecule has 1 aromatic carbocycles. The summed E-state index contributed by atoms with van der Waals surface area (Å²) in [5.41, 5.74) is 5.80. The molecule has 0 aliphatic heterocycles. The van der Waals surface area contributed by atoms with Gasteiger partial charge in [0.25, 0.3) is 0 Å². The molecule has 0 heterocycles. The zero-order valence-electron chi connectivity index (χ0n) is 7.33. The fraction of sp³-hybridized carbons (Fsp3) is 0.222. The Labute approximate surface area is 76.0 Å². The molecule has 0 fully saturated rings. The van der Waals surface area contributed by atoms with Gasteiger partial charge < -0.3 is 10.8 Å². The van der Waals surface area contributed by atoms with E-state index in [0.29, 0.717) is 12.0 Å². The highest BCUT2D eigenvalue weighted by Crippen LogP contribution is 2.09. The SMILES string of the molecule is CCO.Nc1ccc(F)cc1C=O. The molecule has 0 aromatic heterocycles. The summed E-state index contributed by atoms with van der Waals surface area (Å²) >= 11 is 0. The van der Waals surface area contributed by atoms with Crippen LogP contribution in [0.5, 0.6) is 0 Å². The zero-order valence-corrected chi connectivity index (χ0v) is 7.33. The van der Waals surface area contributed by atoms with Crippen LogP contribution in [0, 0.1) is 5.82 Å². The van der Waals surface area contributed by atoms with Crippen molar-refractivity contribution >= 4 is 12.0 Å². The second kappa shape index (κ2) is 6.14. The maximum Gasteiger partial charge on any atom is 0.152 e. The Balaban J connectivity index is 0.000000424. The van der Waals surface area contributed by atoms with Crippen molar-refractivity contribution in [3.05, 3.63) is 29.6 Å². The largest absolute Gasteiger partial charge is 0.398 e. The standard InChI is InChI=1S/C7H6FNO.C2H6O/c8-6-1-2-7(9)5(3-6)4-10;1-2-3/h1-4H,9H2;3H,2H2,1H3. The second-order valence-electron chi connectivity index (χ2n) is 2.21. The predicted molar refractivity (Wildman–Crippen MR) is 49.0 cm³/mol. The van der Waals surface area contributed by atoms with Crippen LogP contribution >= 0.6 is 0 Å². The first-order valence-corrected chi connectivity index (χ1v) is 3.76. The molecule has 0 aliphatic carbocycles. The van der Waals surface area contributed by atoms with E-state index < -0.39 is 5.82 Å². The number of carbonyl (C=O) groups is 1. The summed E-state index contributed by atoms with van der Waals surface area (Å²) in [6.07, 6.45) is 0.526. The van der Waals surface area contributed by atoms with Crippen molar-refractivity contribution in [3.8, 4) is 0 Å². The lowest BCUT2D eigenvalue weighted by molar-refractivity contribution is 0.112. The van der Waals surface area contributed by atoms with E-state index in [1.54, 1.807) is 6.92 Å². The fourth-order valence-corrected chi connectivity index (χ4v) is 0.648. The van der Waals surface area contributed by atoms with Crippen molar-refractivity contribution in [2.45, 2.75) is 6.92 Å². The van der Waals surface area contributed by atoms with Gasteiger partial charge in [0, 0.05) is 17.9 Å². The number of aliphatic hydroxyl groups excluding tert-OH is 1. The minimum absolute atomic E-state index is 0.194. The molecule has 72 valence electrons. The first-order chi connectivity index (χ1) is 6.15. The van der Waals surface area contributed by atoms with Gasteiger partial charge in [0.15, 0.2) is 6.29 Å². The number of aldehydes is 1. The van der Waals surface area contributed by atoms with Gasteiger partial charge in [-0.3, -0.25) is 4.79 Å². The molecular weight excluding hydrogens is 173 g/mol. The molecule has 0 saturated carbocycles. The molecule has 1 aromatic rings. The molecule has 0 saturated heterocycles. The Bertz CT molecular complexity index is 276. The lowest BCUT2D eigenvalue weighted by atomic mass is 10.2. The lowest BCUT2D eigenvalue weighted by Gasteiger charge is -1.95. The van der Waals surface area contributed by atoms with Gasteiger partial charge in [-0.2, -0.15) is 0 Å². The summed E-state index contributed by atoms with van der Waals surface area (Å²) in [6.45, 7) is 1.93. The third-order valence-corrected chi connectivity index (χ3v) is 1.18. The van der Waals surface area contributed by atoms with Crippen LogP contribution in [0.3, 0.4) is 0 Å². The minimum atomic E-state index is -0.448. The van der Waals surface area contributed by atoms with Crippen molar-refractivity contribution in [2.75, 3.05) is 12.3 Å². The summed E-state index contributed by atoms with van der Waals surface area (Å²) in [6, 6.07) is 3.67. The third-order valence-electron chi connectivity index (χ3n) is 1.18. The molecule has 0 aliphatic rings. The molecule has 1 rings (SSSR count). The Morgan fingerprint density at radius 2 is 2.15 bits per heavy atom. The summed E-state index contributed by atoms with van der Waals surface area (Å²) in [7, 11) is 0. The van der Waals surface area contributed by atoms with Crippen LogP contribution in [0.15, 0.2) is 18.2 Å². The summed E-state index contributed by atoms with van der Waals surface area (Å²) in [4.78, 5) is 10.1.